The van der Waals surface area contributed by atoms with Crippen LogP contribution in [0.4, 0.5) is 0 Å². The smallest absolute Gasteiger partial charge is 0.144 e. The highest BCUT2D eigenvalue weighted by atomic mass is 16.5. The molecule has 5 nitrogen and oxygen atoms in total. The van der Waals surface area contributed by atoms with Crippen LogP contribution in [0.2, 0.25) is 0 Å². The Morgan fingerprint density at radius 3 is 2.75 bits per heavy atom. The number of benzene rings is 2. The van der Waals surface area contributed by atoms with E-state index in [0.29, 0.717) is 12.0 Å². The second-order valence-corrected chi connectivity index (χ2v) is 6.07. The molecule has 1 aliphatic rings. The number of aromatic nitrogens is 3. The van der Waals surface area contributed by atoms with Crippen molar-refractivity contribution in [3.63, 3.8) is 0 Å². The molecular formula is C19H20N4O. The molecule has 4 rings (SSSR count). The van der Waals surface area contributed by atoms with Crippen molar-refractivity contribution in [2.75, 3.05) is 7.11 Å². The van der Waals surface area contributed by atoms with E-state index in [2.05, 4.69) is 46.0 Å². The van der Waals surface area contributed by atoms with Crippen molar-refractivity contribution in [2.24, 2.45) is 0 Å². The average molecular weight is 320 g/mol. The van der Waals surface area contributed by atoms with Crippen molar-refractivity contribution in [1.82, 2.24) is 20.3 Å². The van der Waals surface area contributed by atoms with Crippen molar-refractivity contribution in [2.45, 2.75) is 24.9 Å². The largest absolute Gasteiger partial charge is 0.494 e. The van der Waals surface area contributed by atoms with Crippen LogP contribution in [0, 0.1) is 0 Å². The van der Waals surface area contributed by atoms with E-state index >= 15 is 0 Å². The van der Waals surface area contributed by atoms with Crippen LogP contribution in [-0.2, 0) is 6.54 Å². The van der Waals surface area contributed by atoms with Crippen LogP contribution in [0.25, 0.3) is 5.69 Å². The quantitative estimate of drug-likeness (QED) is 0.759. The van der Waals surface area contributed by atoms with E-state index in [1.165, 1.54) is 12.0 Å². The first-order valence-corrected chi connectivity index (χ1v) is 8.18. The lowest BCUT2D eigenvalue weighted by Gasteiger charge is -2.06. The maximum atomic E-state index is 5.38. The van der Waals surface area contributed by atoms with Crippen molar-refractivity contribution < 1.29 is 4.74 Å². The summed E-state index contributed by atoms with van der Waals surface area (Å²) in [6.07, 6.45) is 3.13. The van der Waals surface area contributed by atoms with Gasteiger partial charge in [-0.15, -0.1) is 5.10 Å². The number of rotatable bonds is 6. The van der Waals surface area contributed by atoms with E-state index < -0.39 is 0 Å². The average Bonchev–Trinajstić information content (AvgIpc) is 3.28. The van der Waals surface area contributed by atoms with Crippen LogP contribution < -0.4 is 10.1 Å². The molecule has 1 heterocycles. The minimum Gasteiger partial charge on any atom is -0.494 e. The summed E-state index contributed by atoms with van der Waals surface area (Å²) in [4.78, 5) is 0. The molecule has 2 atom stereocenters. The molecule has 122 valence electrons. The lowest BCUT2D eigenvalue weighted by molar-refractivity contribution is 0.411. The van der Waals surface area contributed by atoms with Gasteiger partial charge in [0.25, 0.3) is 0 Å². The first-order valence-electron chi connectivity index (χ1n) is 8.18. The molecule has 1 saturated carbocycles. The third kappa shape index (κ3) is 3.03. The summed E-state index contributed by atoms with van der Waals surface area (Å²) >= 11 is 0. The zero-order chi connectivity index (χ0) is 16.4. The van der Waals surface area contributed by atoms with Gasteiger partial charge in [0.1, 0.15) is 11.4 Å². The van der Waals surface area contributed by atoms with Gasteiger partial charge in [-0.25, -0.2) is 4.68 Å². The van der Waals surface area contributed by atoms with Gasteiger partial charge in [-0.3, -0.25) is 0 Å². The van der Waals surface area contributed by atoms with Crippen molar-refractivity contribution in [1.29, 1.82) is 0 Å². The predicted molar refractivity (Wildman–Crippen MR) is 92.3 cm³/mol. The van der Waals surface area contributed by atoms with Crippen LogP contribution in [0.15, 0.2) is 60.8 Å². The third-order valence-corrected chi connectivity index (χ3v) is 4.44. The fourth-order valence-electron chi connectivity index (χ4n) is 3.04. The fourth-order valence-corrected chi connectivity index (χ4v) is 3.04. The van der Waals surface area contributed by atoms with Crippen LogP contribution in [0.3, 0.4) is 0 Å². The van der Waals surface area contributed by atoms with Crippen molar-refractivity contribution in [3.05, 3.63) is 72.1 Å². The van der Waals surface area contributed by atoms with Gasteiger partial charge in [0.05, 0.1) is 19.0 Å². The normalized spacial score (nSPS) is 19.2. The maximum Gasteiger partial charge on any atom is 0.144 e. The summed E-state index contributed by atoms with van der Waals surface area (Å²) in [5.74, 6) is 1.41. The standard InChI is InChI=1S/C19H20N4O/c1-24-19-10-6-5-9-18(19)23-13-15(21-22-23)12-20-17-11-16(17)14-7-3-2-4-8-14/h2-10,13,16-17,20H,11-12H2,1H3/t16-,17+/m0/s1. The van der Waals surface area contributed by atoms with Gasteiger partial charge in [0.15, 0.2) is 0 Å². The molecule has 3 aromatic rings. The van der Waals surface area contributed by atoms with Crippen LogP contribution in [-0.4, -0.2) is 28.1 Å². The molecule has 0 aliphatic heterocycles. The minimum atomic E-state index is 0.531. The summed E-state index contributed by atoms with van der Waals surface area (Å²) in [7, 11) is 1.66. The Kier molecular flexibility index (Phi) is 4.01. The van der Waals surface area contributed by atoms with E-state index in [-0.39, 0.29) is 0 Å². The van der Waals surface area contributed by atoms with E-state index in [4.69, 9.17) is 4.74 Å². The number of methoxy groups -OCH3 is 1. The van der Waals surface area contributed by atoms with Gasteiger partial charge in [-0.1, -0.05) is 47.7 Å². The van der Waals surface area contributed by atoms with E-state index in [0.717, 1.165) is 23.7 Å². The van der Waals surface area contributed by atoms with Crippen LogP contribution in [0.1, 0.15) is 23.6 Å². The van der Waals surface area contributed by atoms with Gasteiger partial charge in [-0.05, 0) is 24.1 Å². The molecule has 0 spiro atoms. The minimum absolute atomic E-state index is 0.531. The highest BCUT2D eigenvalue weighted by molar-refractivity contribution is 5.45. The Hall–Kier alpha value is -2.66. The lowest BCUT2D eigenvalue weighted by atomic mass is 10.1. The Morgan fingerprint density at radius 1 is 1.12 bits per heavy atom. The number of nitrogens with zero attached hydrogens (tertiary/aromatic N) is 3. The molecule has 1 aromatic heterocycles. The zero-order valence-corrected chi connectivity index (χ0v) is 13.6. The summed E-state index contributed by atoms with van der Waals surface area (Å²) in [6.45, 7) is 0.725. The molecule has 1 fully saturated rings. The molecule has 1 N–H and O–H groups in total. The van der Waals surface area contributed by atoms with Gasteiger partial charge in [-0.2, -0.15) is 0 Å². The molecule has 0 radical (unpaired) electrons. The first kappa shape index (κ1) is 14.9. The fraction of sp³-hybridized carbons (Fsp3) is 0.263. The van der Waals surface area contributed by atoms with E-state index in [9.17, 15) is 0 Å². The Bertz CT molecular complexity index is 815. The molecule has 0 bridgehead atoms. The second kappa shape index (κ2) is 6.45. The first-order chi connectivity index (χ1) is 11.8. The third-order valence-electron chi connectivity index (χ3n) is 4.44. The molecule has 2 aromatic carbocycles. The van der Waals surface area contributed by atoms with Gasteiger partial charge >= 0.3 is 0 Å². The molecular weight excluding hydrogens is 300 g/mol. The van der Waals surface area contributed by atoms with Crippen LogP contribution in [0.5, 0.6) is 5.75 Å². The Morgan fingerprint density at radius 2 is 1.92 bits per heavy atom. The highest BCUT2D eigenvalue weighted by Crippen LogP contribution is 2.40. The second-order valence-electron chi connectivity index (χ2n) is 6.07. The lowest BCUT2D eigenvalue weighted by Crippen LogP contribution is -2.17. The Balaban J connectivity index is 1.38. The molecule has 24 heavy (non-hydrogen) atoms. The molecule has 0 unspecified atom stereocenters. The number of ether oxygens (including phenoxy) is 1. The summed E-state index contributed by atoms with van der Waals surface area (Å²) in [6, 6.07) is 19.0. The van der Waals surface area contributed by atoms with Crippen molar-refractivity contribution >= 4 is 0 Å². The molecule has 1 aliphatic carbocycles. The summed E-state index contributed by atoms with van der Waals surface area (Å²) < 4.78 is 7.14. The highest BCUT2D eigenvalue weighted by Gasteiger charge is 2.37. The van der Waals surface area contributed by atoms with E-state index in [1.807, 2.05) is 30.5 Å². The number of hydrogen-bond donors (Lipinski definition) is 1. The SMILES string of the molecule is COc1ccccc1-n1cc(CN[C@@H]2C[C@H]2c2ccccc2)nn1. The molecule has 0 saturated heterocycles. The number of hydrogen-bond acceptors (Lipinski definition) is 4. The van der Waals surface area contributed by atoms with E-state index in [1.54, 1.807) is 11.8 Å². The van der Waals surface area contributed by atoms with Gasteiger partial charge < -0.3 is 10.1 Å². The molecule has 0 amide bonds. The number of para-hydroxylation sites is 2. The Labute approximate surface area is 141 Å². The summed E-state index contributed by atoms with van der Waals surface area (Å²) in [5, 5.41) is 12.0. The van der Waals surface area contributed by atoms with Crippen molar-refractivity contribution in [3.8, 4) is 11.4 Å². The zero-order valence-electron chi connectivity index (χ0n) is 13.6. The topological polar surface area (TPSA) is 52.0 Å². The predicted octanol–water partition coefficient (Wildman–Crippen LogP) is 2.92. The number of nitrogens with one attached hydrogen (secondary N) is 1. The van der Waals surface area contributed by atoms with Gasteiger partial charge in [0.2, 0.25) is 0 Å². The van der Waals surface area contributed by atoms with Gasteiger partial charge in [0, 0.05) is 18.5 Å². The molecule has 5 heteroatoms. The van der Waals surface area contributed by atoms with Crippen LogP contribution >= 0.6 is 0 Å². The maximum absolute atomic E-state index is 5.38. The summed E-state index contributed by atoms with van der Waals surface area (Å²) in [5.41, 5.74) is 3.24. The monoisotopic (exact) mass is 320 g/mol.